The van der Waals surface area contributed by atoms with Crippen LogP contribution in [0.25, 0.3) is 0 Å². The van der Waals surface area contributed by atoms with Gasteiger partial charge in [0.25, 0.3) is 0 Å². The number of hydrogen-bond donors (Lipinski definition) is 1. The summed E-state index contributed by atoms with van der Waals surface area (Å²) >= 11 is 0. The van der Waals surface area contributed by atoms with Gasteiger partial charge in [-0.25, -0.2) is 4.98 Å². The first-order chi connectivity index (χ1) is 8.52. The molecule has 18 heavy (non-hydrogen) atoms. The van der Waals surface area contributed by atoms with E-state index in [0.29, 0.717) is 12.0 Å². The zero-order valence-corrected chi connectivity index (χ0v) is 12.2. The lowest BCUT2D eigenvalue weighted by Gasteiger charge is -2.17. The fraction of sp³-hybridized carbons (Fsp3) is 0.667. The van der Waals surface area contributed by atoms with Gasteiger partial charge in [-0.05, 0) is 38.3 Å². The average molecular weight is 250 g/mol. The number of aromatic nitrogens is 1. The fourth-order valence-electron chi connectivity index (χ4n) is 2.06. The molecule has 1 aromatic heterocycles. The van der Waals surface area contributed by atoms with Crippen LogP contribution >= 0.6 is 0 Å². The van der Waals surface area contributed by atoms with Crippen molar-refractivity contribution in [2.45, 2.75) is 53.2 Å². The molecular formula is C15H26N2O. The lowest BCUT2D eigenvalue weighted by atomic mass is 10.1. The minimum absolute atomic E-state index is 0.217. The quantitative estimate of drug-likeness (QED) is 0.803. The van der Waals surface area contributed by atoms with Crippen molar-refractivity contribution < 1.29 is 4.74 Å². The van der Waals surface area contributed by atoms with Crippen LogP contribution in [0.5, 0.6) is 5.88 Å². The summed E-state index contributed by atoms with van der Waals surface area (Å²) in [5.41, 5.74) is 1.20. The Kier molecular flexibility index (Phi) is 6.13. The summed E-state index contributed by atoms with van der Waals surface area (Å²) < 4.78 is 5.79. The summed E-state index contributed by atoms with van der Waals surface area (Å²) in [5.74, 6) is 1.36. The van der Waals surface area contributed by atoms with E-state index in [4.69, 9.17) is 4.74 Å². The predicted octanol–water partition coefficient (Wildman–Crippen LogP) is 3.57. The van der Waals surface area contributed by atoms with E-state index in [1.54, 1.807) is 0 Å². The molecule has 0 aromatic carbocycles. The average Bonchev–Trinajstić information content (AvgIpc) is 2.29. The Balaban J connectivity index is 2.54. The van der Waals surface area contributed by atoms with Crippen molar-refractivity contribution in [1.29, 1.82) is 0 Å². The molecule has 1 rings (SSSR count). The topological polar surface area (TPSA) is 34.1 Å². The Morgan fingerprint density at radius 3 is 2.44 bits per heavy atom. The molecule has 0 fully saturated rings. The molecule has 2 atom stereocenters. The molecule has 1 aromatic rings. The smallest absolute Gasteiger partial charge is 0.213 e. The van der Waals surface area contributed by atoms with Crippen molar-refractivity contribution in [2.24, 2.45) is 5.92 Å². The second-order valence-electron chi connectivity index (χ2n) is 5.27. The van der Waals surface area contributed by atoms with E-state index in [0.717, 1.165) is 18.8 Å². The van der Waals surface area contributed by atoms with Crippen LogP contribution in [0.4, 0.5) is 0 Å². The lowest BCUT2D eigenvalue weighted by Crippen LogP contribution is -2.18. The monoisotopic (exact) mass is 250 g/mol. The number of rotatable bonds is 7. The van der Waals surface area contributed by atoms with Gasteiger partial charge in [0.1, 0.15) is 0 Å². The SMILES string of the molecule is CCNC(C)c1ccc(OC(C)CC(C)C)nc1. The van der Waals surface area contributed by atoms with Gasteiger partial charge in [-0.15, -0.1) is 0 Å². The van der Waals surface area contributed by atoms with Crippen LogP contribution in [0, 0.1) is 5.92 Å². The summed E-state index contributed by atoms with van der Waals surface area (Å²) in [6.07, 6.45) is 3.16. The first-order valence-electron chi connectivity index (χ1n) is 6.88. The molecular weight excluding hydrogens is 224 g/mol. The van der Waals surface area contributed by atoms with Crippen molar-refractivity contribution in [2.75, 3.05) is 6.54 Å². The third-order valence-corrected chi connectivity index (χ3v) is 2.89. The largest absolute Gasteiger partial charge is 0.475 e. The van der Waals surface area contributed by atoms with Crippen molar-refractivity contribution in [1.82, 2.24) is 10.3 Å². The molecule has 0 aliphatic carbocycles. The van der Waals surface area contributed by atoms with Crippen LogP contribution in [0.1, 0.15) is 52.6 Å². The van der Waals surface area contributed by atoms with Crippen molar-refractivity contribution in [3.05, 3.63) is 23.9 Å². The van der Waals surface area contributed by atoms with E-state index in [2.05, 4.69) is 51.0 Å². The summed E-state index contributed by atoms with van der Waals surface area (Å²) in [7, 11) is 0. The molecule has 0 aliphatic rings. The van der Waals surface area contributed by atoms with Gasteiger partial charge in [0.2, 0.25) is 5.88 Å². The van der Waals surface area contributed by atoms with Gasteiger partial charge in [0.15, 0.2) is 0 Å². The van der Waals surface area contributed by atoms with Crippen LogP contribution in [0.2, 0.25) is 0 Å². The van der Waals surface area contributed by atoms with Gasteiger partial charge in [0, 0.05) is 18.3 Å². The molecule has 0 aliphatic heterocycles. The van der Waals surface area contributed by atoms with E-state index in [1.165, 1.54) is 5.56 Å². The maximum atomic E-state index is 5.79. The van der Waals surface area contributed by atoms with Crippen LogP contribution < -0.4 is 10.1 Å². The van der Waals surface area contributed by atoms with E-state index in [-0.39, 0.29) is 6.10 Å². The van der Waals surface area contributed by atoms with Crippen LogP contribution in [-0.2, 0) is 0 Å². The van der Waals surface area contributed by atoms with Crippen LogP contribution in [0.3, 0.4) is 0 Å². The number of nitrogens with one attached hydrogen (secondary N) is 1. The molecule has 102 valence electrons. The van der Waals surface area contributed by atoms with Crippen LogP contribution in [-0.4, -0.2) is 17.6 Å². The molecule has 0 amide bonds. The zero-order valence-electron chi connectivity index (χ0n) is 12.2. The molecule has 0 bridgehead atoms. The highest BCUT2D eigenvalue weighted by Gasteiger charge is 2.08. The van der Waals surface area contributed by atoms with Crippen molar-refractivity contribution >= 4 is 0 Å². The summed E-state index contributed by atoms with van der Waals surface area (Å²) in [4.78, 5) is 4.37. The first-order valence-corrected chi connectivity index (χ1v) is 6.88. The first kappa shape index (κ1) is 15.0. The maximum absolute atomic E-state index is 5.79. The molecule has 0 spiro atoms. The minimum Gasteiger partial charge on any atom is -0.475 e. The molecule has 1 heterocycles. The van der Waals surface area contributed by atoms with Crippen molar-refractivity contribution in [3.8, 4) is 5.88 Å². The van der Waals surface area contributed by atoms with Gasteiger partial charge in [0.05, 0.1) is 6.10 Å². The Morgan fingerprint density at radius 1 is 1.22 bits per heavy atom. The molecule has 0 radical (unpaired) electrons. The van der Waals surface area contributed by atoms with E-state index < -0.39 is 0 Å². The highest BCUT2D eigenvalue weighted by atomic mass is 16.5. The Morgan fingerprint density at radius 2 is 1.94 bits per heavy atom. The van der Waals surface area contributed by atoms with E-state index in [1.807, 2.05) is 12.3 Å². The number of pyridine rings is 1. The number of hydrogen-bond acceptors (Lipinski definition) is 3. The second kappa shape index (κ2) is 7.37. The molecule has 3 heteroatoms. The Bertz CT molecular complexity index is 335. The second-order valence-corrected chi connectivity index (χ2v) is 5.27. The van der Waals surface area contributed by atoms with Gasteiger partial charge in [-0.1, -0.05) is 26.8 Å². The molecule has 1 N–H and O–H groups in total. The Labute approximate surface area is 111 Å². The predicted molar refractivity (Wildman–Crippen MR) is 75.9 cm³/mol. The van der Waals surface area contributed by atoms with Gasteiger partial charge >= 0.3 is 0 Å². The zero-order chi connectivity index (χ0) is 13.5. The fourth-order valence-corrected chi connectivity index (χ4v) is 2.06. The number of nitrogens with zero attached hydrogens (tertiary/aromatic N) is 1. The maximum Gasteiger partial charge on any atom is 0.213 e. The minimum atomic E-state index is 0.217. The third kappa shape index (κ3) is 5.05. The summed E-state index contributed by atoms with van der Waals surface area (Å²) in [5, 5.41) is 3.37. The molecule has 0 saturated carbocycles. The third-order valence-electron chi connectivity index (χ3n) is 2.89. The molecule has 2 unspecified atom stereocenters. The standard InChI is InChI=1S/C15H26N2O/c1-6-16-13(5)14-7-8-15(17-10-14)18-12(4)9-11(2)3/h7-8,10-13,16H,6,9H2,1-5H3. The molecule has 0 saturated heterocycles. The van der Waals surface area contributed by atoms with E-state index >= 15 is 0 Å². The lowest BCUT2D eigenvalue weighted by molar-refractivity contribution is 0.185. The van der Waals surface area contributed by atoms with Gasteiger partial charge in [-0.2, -0.15) is 0 Å². The van der Waals surface area contributed by atoms with Gasteiger partial charge in [-0.3, -0.25) is 0 Å². The normalized spacial score (nSPS) is 14.6. The van der Waals surface area contributed by atoms with E-state index in [9.17, 15) is 0 Å². The Hall–Kier alpha value is -1.09. The highest BCUT2D eigenvalue weighted by molar-refractivity contribution is 5.20. The number of ether oxygens (including phenoxy) is 1. The summed E-state index contributed by atoms with van der Waals surface area (Å²) in [6, 6.07) is 4.38. The highest BCUT2D eigenvalue weighted by Crippen LogP contribution is 2.17. The van der Waals surface area contributed by atoms with Crippen molar-refractivity contribution in [3.63, 3.8) is 0 Å². The molecule has 3 nitrogen and oxygen atoms in total. The van der Waals surface area contributed by atoms with Crippen LogP contribution in [0.15, 0.2) is 18.3 Å². The van der Waals surface area contributed by atoms with Gasteiger partial charge < -0.3 is 10.1 Å². The summed E-state index contributed by atoms with van der Waals surface area (Å²) in [6.45, 7) is 11.7.